The Bertz CT molecular complexity index is 737. The van der Waals surface area contributed by atoms with E-state index >= 15 is 0 Å². The van der Waals surface area contributed by atoms with Gasteiger partial charge in [0.05, 0.1) is 12.2 Å². The van der Waals surface area contributed by atoms with Crippen LogP contribution < -0.4 is 11.1 Å². The second-order valence-electron chi connectivity index (χ2n) is 5.17. The number of esters is 2. The van der Waals surface area contributed by atoms with Gasteiger partial charge in [0.2, 0.25) is 0 Å². The molecular weight excluding hydrogens is 348 g/mol. The molecule has 0 atom stereocenters. The molecule has 8 nitrogen and oxygen atoms in total. The van der Waals surface area contributed by atoms with E-state index in [0.717, 1.165) is 41.9 Å². The van der Waals surface area contributed by atoms with Crippen LogP contribution in [0.5, 0.6) is 0 Å². The lowest BCUT2D eigenvalue weighted by molar-refractivity contribution is -0.143. The molecule has 2 amide bonds. The number of nitrogens with two attached hydrogens (primary N) is 1. The number of thiophene rings is 1. The number of aryl methyl sites for hydroxylation is 1. The highest BCUT2D eigenvalue weighted by atomic mass is 32.1. The summed E-state index contributed by atoms with van der Waals surface area (Å²) in [6, 6.07) is 0. The van der Waals surface area contributed by atoms with E-state index < -0.39 is 30.4 Å². The highest BCUT2D eigenvalue weighted by molar-refractivity contribution is 7.17. The Kier molecular flexibility index (Phi) is 6.29. The molecule has 1 aliphatic carbocycles. The molecule has 0 radical (unpaired) electrons. The molecule has 0 spiro atoms. The maximum absolute atomic E-state index is 11.9. The number of rotatable bonds is 7. The van der Waals surface area contributed by atoms with Gasteiger partial charge in [0.15, 0.2) is 6.61 Å². The zero-order valence-corrected chi connectivity index (χ0v) is 14.4. The van der Waals surface area contributed by atoms with Crippen molar-refractivity contribution in [2.45, 2.75) is 26.2 Å². The Hall–Kier alpha value is -2.68. The smallest absolute Gasteiger partial charge is 0.331 e. The SMILES string of the molecule is CCOC(=O)C=CC(=O)OCC(=O)Nc1sc2c(c1C(N)=O)CCC2. The predicted octanol–water partition coefficient (Wildman–Crippen LogP) is 0.937. The van der Waals surface area contributed by atoms with Gasteiger partial charge in [-0.2, -0.15) is 0 Å². The monoisotopic (exact) mass is 366 g/mol. The van der Waals surface area contributed by atoms with E-state index in [1.165, 1.54) is 11.3 Å². The second-order valence-corrected chi connectivity index (χ2v) is 6.27. The van der Waals surface area contributed by atoms with Gasteiger partial charge >= 0.3 is 11.9 Å². The van der Waals surface area contributed by atoms with Gasteiger partial charge in [-0.1, -0.05) is 0 Å². The van der Waals surface area contributed by atoms with E-state index in [-0.39, 0.29) is 6.61 Å². The van der Waals surface area contributed by atoms with E-state index in [9.17, 15) is 19.2 Å². The zero-order valence-electron chi connectivity index (χ0n) is 13.6. The number of primary amides is 1. The minimum absolute atomic E-state index is 0.188. The van der Waals surface area contributed by atoms with Crippen molar-refractivity contribution in [3.63, 3.8) is 0 Å². The summed E-state index contributed by atoms with van der Waals surface area (Å²) in [5.41, 5.74) is 6.62. The fourth-order valence-corrected chi connectivity index (χ4v) is 3.74. The first-order valence-electron chi connectivity index (χ1n) is 7.68. The largest absolute Gasteiger partial charge is 0.463 e. The van der Waals surface area contributed by atoms with Gasteiger partial charge in [-0.05, 0) is 31.7 Å². The Balaban J connectivity index is 1.90. The lowest BCUT2D eigenvalue weighted by atomic mass is 10.1. The van der Waals surface area contributed by atoms with Gasteiger partial charge in [-0.15, -0.1) is 11.3 Å². The van der Waals surface area contributed by atoms with E-state index in [4.69, 9.17) is 10.5 Å². The number of amides is 2. The van der Waals surface area contributed by atoms with Crippen molar-refractivity contribution in [2.75, 3.05) is 18.5 Å². The zero-order chi connectivity index (χ0) is 18.4. The van der Waals surface area contributed by atoms with Crippen LogP contribution in [0.25, 0.3) is 0 Å². The van der Waals surface area contributed by atoms with Crippen molar-refractivity contribution < 1.29 is 28.7 Å². The van der Waals surface area contributed by atoms with Crippen LogP contribution in [0, 0.1) is 0 Å². The Morgan fingerprint density at radius 3 is 2.48 bits per heavy atom. The summed E-state index contributed by atoms with van der Waals surface area (Å²) in [6.45, 7) is 1.27. The van der Waals surface area contributed by atoms with Gasteiger partial charge in [0, 0.05) is 17.0 Å². The van der Waals surface area contributed by atoms with Crippen molar-refractivity contribution in [1.29, 1.82) is 0 Å². The van der Waals surface area contributed by atoms with Crippen molar-refractivity contribution >= 4 is 40.1 Å². The van der Waals surface area contributed by atoms with Crippen LogP contribution in [0.3, 0.4) is 0 Å². The number of anilines is 1. The molecule has 25 heavy (non-hydrogen) atoms. The third-order valence-corrected chi connectivity index (χ3v) is 4.62. The summed E-state index contributed by atoms with van der Waals surface area (Å²) in [5.74, 6) is -2.72. The third-order valence-electron chi connectivity index (χ3n) is 3.41. The first kappa shape index (κ1) is 18.7. The summed E-state index contributed by atoms with van der Waals surface area (Å²) in [6.07, 6.45) is 4.36. The van der Waals surface area contributed by atoms with Crippen molar-refractivity contribution in [3.8, 4) is 0 Å². The second kappa shape index (κ2) is 8.43. The molecule has 0 aliphatic heterocycles. The molecule has 0 bridgehead atoms. The number of nitrogens with one attached hydrogen (secondary N) is 1. The highest BCUT2D eigenvalue weighted by Gasteiger charge is 2.26. The van der Waals surface area contributed by atoms with Crippen LogP contribution in [-0.4, -0.2) is 37.0 Å². The topological polar surface area (TPSA) is 125 Å². The Morgan fingerprint density at radius 1 is 1.16 bits per heavy atom. The van der Waals surface area contributed by atoms with E-state index in [1.807, 2.05) is 0 Å². The van der Waals surface area contributed by atoms with Crippen molar-refractivity contribution in [2.24, 2.45) is 5.73 Å². The molecule has 0 unspecified atom stereocenters. The Morgan fingerprint density at radius 2 is 1.84 bits per heavy atom. The summed E-state index contributed by atoms with van der Waals surface area (Å²) < 4.78 is 9.33. The van der Waals surface area contributed by atoms with Gasteiger partial charge in [-0.3, -0.25) is 9.59 Å². The number of ether oxygens (including phenoxy) is 2. The van der Waals surface area contributed by atoms with E-state index in [1.54, 1.807) is 6.92 Å². The molecule has 3 N–H and O–H groups in total. The van der Waals surface area contributed by atoms with Crippen LogP contribution >= 0.6 is 11.3 Å². The summed E-state index contributed by atoms with van der Waals surface area (Å²) in [4.78, 5) is 47.1. The lowest BCUT2D eigenvalue weighted by Gasteiger charge is -2.06. The lowest BCUT2D eigenvalue weighted by Crippen LogP contribution is -2.22. The van der Waals surface area contributed by atoms with Gasteiger partial charge in [0.1, 0.15) is 5.00 Å². The minimum Gasteiger partial charge on any atom is -0.463 e. The molecular formula is C16H18N2O6S. The van der Waals surface area contributed by atoms with Gasteiger partial charge in [0.25, 0.3) is 11.8 Å². The maximum atomic E-state index is 11.9. The van der Waals surface area contributed by atoms with Crippen LogP contribution in [0.15, 0.2) is 12.2 Å². The van der Waals surface area contributed by atoms with Crippen LogP contribution in [0.1, 0.15) is 34.1 Å². The number of fused-ring (bicyclic) bond motifs is 1. The fourth-order valence-electron chi connectivity index (χ4n) is 2.43. The molecule has 0 fully saturated rings. The van der Waals surface area contributed by atoms with E-state index in [2.05, 4.69) is 10.1 Å². The minimum atomic E-state index is -0.855. The molecule has 134 valence electrons. The summed E-state index contributed by atoms with van der Waals surface area (Å²) in [5, 5.41) is 2.92. The van der Waals surface area contributed by atoms with Crippen LogP contribution in [-0.2, 0) is 36.7 Å². The maximum Gasteiger partial charge on any atom is 0.331 e. The summed E-state index contributed by atoms with van der Waals surface area (Å²) >= 11 is 1.31. The highest BCUT2D eigenvalue weighted by Crippen LogP contribution is 2.38. The third kappa shape index (κ3) is 4.90. The molecule has 1 aliphatic rings. The number of carbonyl (C=O) groups excluding carboxylic acids is 4. The van der Waals surface area contributed by atoms with Gasteiger partial charge < -0.3 is 20.5 Å². The molecule has 0 saturated carbocycles. The molecule has 1 heterocycles. The first-order chi connectivity index (χ1) is 11.9. The number of carbonyl (C=O) groups is 4. The molecule has 9 heteroatoms. The Labute approximate surface area is 148 Å². The fraction of sp³-hybridized carbons (Fsp3) is 0.375. The average molecular weight is 366 g/mol. The number of hydrogen-bond donors (Lipinski definition) is 2. The predicted molar refractivity (Wildman–Crippen MR) is 90.2 cm³/mol. The quantitative estimate of drug-likeness (QED) is 0.546. The van der Waals surface area contributed by atoms with Crippen LogP contribution in [0.4, 0.5) is 5.00 Å². The van der Waals surface area contributed by atoms with Crippen molar-refractivity contribution in [3.05, 3.63) is 28.2 Å². The molecule has 0 aromatic carbocycles. The van der Waals surface area contributed by atoms with E-state index in [0.29, 0.717) is 10.6 Å². The molecule has 1 aromatic rings. The first-order valence-corrected chi connectivity index (χ1v) is 8.49. The summed E-state index contributed by atoms with van der Waals surface area (Å²) in [7, 11) is 0. The van der Waals surface area contributed by atoms with Gasteiger partial charge in [-0.25, -0.2) is 9.59 Å². The molecule has 0 saturated heterocycles. The molecule has 1 aromatic heterocycles. The number of hydrogen-bond acceptors (Lipinski definition) is 7. The standard InChI is InChI=1S/C16H18N2O6S/c1-2-23-12(20)6-7-13(21)24-8-11(19)18-16-14(15(17)22)9-4-3-5-10(9)25-16/h6-7H,2-5,8H2,1H3,(H2,17,22)(H,18,19). The van der Waals surface area contributed by atoms with Crippen LogP contribution in [0.2, 0.25) is 0 Å². The molecule has 2 rings (SSSR count). The normalized spacial score (nSPS) is 12.7. The van der Waals surface area contributed by atoms with Crippen molar-refractivity contribution in [1.82, 2.24) is 0 Å². The average Bonchev–Trinajstić information content (AvgIpc) is 3.11.